The van der Waals surface area contributed by atoms with Gasteiger partial charge in [-0.15, -0.1) is 0 Å². The van der Waals surface area contributed by atoms with E-state index in [4.69, 9.17) is 21.1 Å². The smallest absolute Gasteiger partial charge is 0.338 e. The molecule has 0 saturated carbocycles. The molecule has 0 spiro atoms. The lowest BCUT2D eigenvalue weighted by Gasteiger charge is -2.30. The highest BCUT2D eigenvalue weighted by molar-refractivity contribution is 7.89. The van der Waals surface area contributed by atoms with E-state index in [1.54, 1.807) is 24.3 Å². The molecule has 0 N–H and O–H groups in total. The molecule has 0 bridgehead atoms. The number of sulfonamides is 1. The first-order chi connectivity index (χ1) is 15.2. The fraction of sp³-hybridized carbons (Fsp3) is 0.391. The summed E-state index contributed by atoms with van der Waals surface area (Å²) in [5, 5.41) is 0.0592. The Morgan fingerprint density at radius 1 is 1.16 bits per heavy atom. The molecule has 1 atom stereocenters. The predicted octanol–water partition coefficient (Wildman–Crippen LogP) is 4.20. The Balaban J connectivity index is 1.65. The first-order valence-corrected chi connectivity index (χ1v) is 12.2. The van der Waals surface area contributed by atoms with Crippen LogP contribution in [0.4, 0.5) is 0 Å². The first-order valence-electron chi connectivity index (χ1n) is 10.4. The number of nitrogens with zero attached hydrogens (tertiary/aromatic N) is 1. The van der Waals surface area contributed by atoms with Crippen LogP contribution in [0.25, 0.3) is 0 Å². The second-order valence-corrected chi connectivity index (χ2v) is 10.1. The van der Waals surface area contributed by atoms with Gasteiger partial charge < -0.3 is 9.47 Å². The molecule has 32 heavy (non-hydrogen) atoms. The number of carbonyl (C=O) groups excluding carboxylic acids is 2. The Morgan fingerprint density at radius 2 is 1.91 bits per heavy atom. The zero-order valence-corrected chi connectivity index (χ0v) is 19.6. The van der Waals surface area contributed by atoms with Crippen LogP contribution in [0.5, 0.6) is 5.75 Å². The van der Waals surface area contributed by atoms with E-state index in [1.165, 1.54) is 29.4 Å². The van der Waals surface area contributed by atoms with Crippen LogP contribution in [0.3, 0.4) is 0 Å². The Kier molecular flexibility index (Phi) is 7.92. The average Bonchev–Trinajstić information content (AvgIpc) is 2.77. The van der Waals surface area contributed by atoms with Crippen molar-refractivity contribution in [3.05, 3.63) is 58.6 Å². The third-order valence-corrected chi connectivity index (χ3v) is 7.59. The number of benzene rings is 2. The molecule has 172 valence electrons. The highest BCUT2D eigenvalue weighted by atomic mass is 35.5. The topological polar surface area (TPSA) is 90.0 Å². The van der Waals surface area contributed by atoms with Gasteiger partial charge in [0.25, 0.3) is 0 Å². The molecular weight excluding hydrogens is 454 g/mol. The van der Waals surface area contributed by atoms with E-state index in [0.717, 1.165) is 12.8 Å². The van der Waals surface area contributed by atoms with Crippen LogP contribution in [0.1, 0.15) is 47.4 Å². The average molecular weight is 480 g/mol. The summed E-state index contributed by atoms with van der Waals surface area (Å²) in [6, 6.07) is 10.9. The SMILES string of the molecule is CC(=O)c1ccccc1OCCOC(=O)c1ccc(Cl)c(S(=O)(=O)N2CCCC(C)C2)c1. The van der Waals surface area contributed by atoms with Gasteiger partial charge in [-0.2, -0.15) is 4.31 Å². The van der Waals surface area contributed by atoms with Gasteiger partial charge in [0.05, 0.1) is 16.1 Å². The van der Waals surface area contributed by atoms with Gasteiger partial charge in [-0.05, 0) is 56.0 Å². The lowest BCUT2D eigenvalue weighted by Crippen LogP contribution is -2.39. The van der Waals surface area contributed by atoms with Gasteiger partial charge >= 0.3 is 5.97 Å². The van der Waals surface area contributed by atoms with Crippen molar-refractivity contribution in [3.63, 3.8) is 0 Å². The molecule has 1 saturated heterocycles. The summed E-state index contributed by atoms with van der Waals surface area (Å²) in [4.78, 5) is 24.0. The number of ether oxygens (including phenoxy) is 2. The van der Waals surface area contributed by atoms with Crippen LogP contribution in [0.2, 0.25) is 5.02 Å². The molecule has 2 aromatic rings. The lowest BCUT2D eigenvalue weighted by atomic mass is 10.0. The van der Waals surface area contributed by atoms with Gasteiger partial charge in [0.2, 0.25) is 10.0 Å². The minimum atomic E-state index is -3.82. The van der Waals surface area contributed by atoms with Crippen LogP contribution in [0, 0.1) is 5.92 Å². The van der Waals surface area contributed by atoms with Crippen LogP contribution < -0.4 is 4.74 Å². The van der Waals surface area contributed by atoms with Gasteiger partial charge in [-0.1, -0.05) is 30.7 Å². The van der Waals surface area contributed by atoms with Crippen molar-refractivity contribution in [1.82, 2.24) is 4.31 Å². The zero-order valence-electron chi connectivity index (χ0n) is 18.0. The fourth-order valence-electron chi connectivity index (χ4n) is 3.58. The molecule has 1 aliphatic rings. The van der Waals surface area contributed by atoms with E-state index < -0.39 is 16.0 Å². The summed E-state index contributed by atoms with van der Waals surface area (Å²) in [7, 11) is -3.82. The molecule has 1 fully saturated rings. The fourth-order valence-corrected chi connectivity index (χ4v) is 5.68. The molecule has 1 unspecified atom stereocenters. The summed E-state index contributed by atoms with van der Waals surface area (Å²) >= 11 is 6.17. The molecule has 7 nitrogen and oxygen atoms in total. The van der Waals surface area contributed by atoms with Crippen LogP contribution in [0.15, 0.2) is 47.4 Å². The number of Topliss-reactive ketones (excluding diaryl/α,β-unsaturated/α-hetero) is 1. The first kappa shape index (κ1) is 24.2. The highest BCUT2D eigenvalue weighted by Crippen LogP contribution is 2.29. The maximum atomic E-state index is 13.1. The molecule has 0 aliphatic carbocycles. The van der Waals surface area contributed by atoms with Gasteiger partial charge in [-0.3, -0.25) is 4.79 Å². The Labute approximate surface area is 193 Å². The number of hydrogen-bond donors (Lipinski definition) is 0. The van der Waals surface area contributed by atoms with Crippen molar-refractivity contribution in [2.45, 2.75) is 31.6 Å². The normalized spacial score (nSPS) is 17.0. The number of esters is 1. The summed E-state index contributed by atoms with van der Waals surface area (Å²) in [6.45, 7) is 4.27. The summed E-state index contributed by atoms with van der Waals surface area (Å²) in [5.74, 6) is -0.144. The minimum Gasteiger partial charge on any atom is -0.489 e. The van der Waals surface area contributed by atoms with E-state index in [1.807, 2.05) is 6.92 Å². The number of ketones is 1. The number of piperidine rings is 1. The predicted molar refractivity (Wildman–Crippen MR) is 121 cm³/mol. The van der Waals surface area contributed by atoms with Crippen molar-refractivity contribution >= 4 is 33.4 Å². The third-order valence-electron chi connectivity index (χ3n) is 5.24. The van der Waals surface area contributed by atoms with Crippen LogP contribution >= 0.6 is 11.6 Å². The Morgan fingerprint density at radius 3 is 2.62 bits per heavy atom. The van der Waals surface area contributed by atoms with Crippen molar-refractivity contribution in [3.8, 4) is 5.75 Å². The molecule has 0 aromatic heterocycles. The molecule has 0 amide bonds. The number of halogens is 1. The molecule has 1 heterocycles. The summed E-state index contributed by atoms with van der Waals surface area (Å²) < 4.78 is 38.3. The van der Waals surface area contributed by atoms with Crippen LogP contribution in [-0.4, -0.2) is 50.8 Å². The van der Waals surface area contributed by atoms with E-state index in [0.29, 0.717) is 24.4 Å². The van der Waals surface area contributed by atoms with E-state index in [-0.39, 0.29) is 40.4 Å². The molecule has 0 radical (unpaired) electrons. The standard InChI is InChI=1S/C23H26ClNO6S/c1-16-6-5-11-25(15-16)32(28,29)22-14-18(9-10-20(22)24)23(27)31-13-12-30-21-8-4-3-7-19(21)17(2)26/h3-4,7-10,14,16H,5-6,11-13,15H2,1-2H3. The van der Waals surface area contributed by atoms with E-state index in [2.05, 4.69) is 0 Å². The highest BCUT2D eigenvalue weighted by Gasteiger charge is 2.31. The third kappa shape index (κ3) is 5.68. The van der Waals surface area contributed by atoms with Crippen LogP contribution in [-0.2, 0) is 14.8 Å². The second-order valence-electron chi connectivity index (χ2n) is 7.79. The zero-order chi connectivity index (χ0) is 23.3. The number of para-hydroxylation sites is 1. The summed E-state index contributed by atoms with van der Waals surface area (Å²) in [5.41, 5.74) is 0.528. The quantitative estimate of drug-likeness (QED) is 0.320. The molecule has 2 aromatic carbocycles. The molecule has 3 rings (SSSR count). The van der Waals surface area contributed by atoms with Crippen molar-refractivity contribution in [1.29, 1.82) is 0 Å². The van der Waals surface area contributed by atoms with Gasteiger partial charge in [0, 0.05) is 13.1 Å². The maximum absolute atomic E-state index is 13.1. The Hall–Kier alpha value is -2.42. The van der Waals surface area contributed by atoms with Crippen molar-refractivity contribution in [2.24, 2.45) is 5.92 Å². The Bertz CT molecular complexity index is 1100. The number of hydrogen-bond acceptors (Lipinski definition) is 6. The molecular formula is C23H26ClNO6S. The van der Waals surface area contributed by atoms with E-state index in [9.17, 15) is 18.0 Å². The van der Waals surface area contributed by atoms with Crippen molar-refractivity contribution in [2.75, 3.05) is 26.3 Å². The van der Waals surface area contributed by atoms with Gasteiger partial charge in [-0.25, -0.2) is 13.2 Å². The van der Waals surface area contributed by atoms with Gasteiger partial charge in [0.1, 0.15) is 23.9 Å². The summed E-state index contributed by atoms with van der Waals surface area (Å²) in [6.07, 6.45) is 1.76. The monoisotopic (exact) mass is 479 g/mol. The van der Waals surface area contributed by atoms with Gasteiger partial charge in [0.15, 0.2) is 5.78 Å². The number of carbonyl (C=O) groups is 2. The number of rotatable bonds is 8. The second kappa shape index (κ2) is 10.5. The minimum absolute atomic E-state index is 0.0421. The maximum Gasteiger partial charge on any atom is 0.338 e. The lowest BCUT2D eigenvalue weighted by molar-refractivity contribution is 0.0449. The van der Waals surface area contributed by atoms with E-state index >= 15 is 0 Å². The molecule has 1 aliphatic heterocycles. The van der Waals surface area contributed by atoms with Crippen molar-refractivity contribution < 1.29 is 27.5 Å². The molecule has 9 heteroatoms. The largest absolute Gasteiger partial charge is 0.489 e.